The van der Waals surface area contributed by atoms with E-state index in [4.69, 9.17) is 9.72 Å². The number of anilines is 3. The zero-order valence-corrected chi connectivity index (χ0v) is 21.5. The minimum absolute atomic E-state index is 0.202. The van der Waals surface area contributed by atoms with E-state index in [1.54, 1.807) is 11.3 Å². The Hall–Kier alpha value is -3.68. The van der Waals surface area contributed by atoms with Gasteiger partial charge in [-0.3, -0.25) is 0 Å². The quantitative estimate of drug-likeness (QED) is 0.274. The standard InChI is InChI=1S/C29H29N5OS/c1-18-12-13-22(14-23(18)28-30-15-25(32-28)21-8-5-4-6-9-21)31-24-10-7-11-26-27(24)33-29(36-26)34-16-19(2)35-20(3)17-34/h4-15,19-20,31H,16-17H2,1-3H3,(H,30,32)/t19-,20+. The summed E-state index contributed by atoms with van der Waals surface area (Å²) in [5.74, 6) is 0.861. The number of hydrogen-bond donors (Lipinski definition) is 2. The Kier molecular flexibility index (Phi) is 5.95. The summed E-state index contributed by atoms with van der Waals surface area (Å²) in [5.41, 5.74) is 7.38. The summed E-state index contributed by atoms with van der Waals surface area (Å²) in [4.78, 5) is 15.6. The van der Waals surface area contributed by atoms with Crippen LogP contribution in [0, 0.1) is 6.92 Å². The van der Waals surface area contributed by atoms with Crippen LogP contribution < -0.4 is 10.2 Å². The molecule has 2 N–H and O–H groups in total. The van der Waals surface area contributed by atoms with Gasteiger partial charge in [0.2, 0.25) is 0 Å². The Balaban J connectivity index is 1.29. The third-order valence-corrected chi connectivity index (χ3v) is 7.61. The largest absolute Gasteiger partial charge is 0.372 e. The van der Waals surface area contributed by atoms with Gasteiger partial charge in [-0.25, -0.2) is 9.97 Å². The molecule has 0 saturated carbocycles. The summed E-state index contributed by atoms with van der Waals surface area (Å²) in [6, 6.07) is 23.0. The van der Waals surface area contributed by atoms with Gasteiger partial charge in [0.25, 0.3) is 0 Å². The Labute approximate surface area is 215 Å². The van der Waals surface area contributed by atoms with Crippen molar-refractivity contribution in [1.82, 2.24) is 15.0 Å². The number of benzene rings is 3. The van der Waals surface area contributed by atoms with Crippen LogP contribution in [0.5, 0.6) is 0 Å². The molecule has 0 spiro atoms. The Bertz CT molecular complexity index is 1500. The van der Waals surface area contributed by atoms with Crippen LogP contribution in [-0.4, -0.2) is 40.2 Å². The van der Waals surface area contributed by atoms with Crippen molar-refractivity contribution in [1.29, 1.82) is 0 Å². The van der Waals surface area contributed by atoms with Crippen LogP contribution in [0.1, 0.15) is 19.4 Å². The predicted octanol–water partition coefficient (Wildman–Crippen LogP) is 7.02. The van der Waals surface area contributed by atoms with E-state index in [1.165, 1.54) is 10.3 Å². The number of rotatable bonds is 5. The lowest BCUT2D eigenvalue weighted by atomic mass is 10.1. The van der Waals surface area contributed by atoms with E-state index in [0.29, 0.717) is 0 Å². The number of H-pyrrole nitrogens is 1. The smallest absolute Gasteiger partial charge is 0.186 e. The van der Waals surface area contributed by atoms with Gasteiger partial charge in [-0.1, -0.05) is 53.8 Å². The first-order valence-electron chi connectivity index (χ1n) is 12.3. The van der Waals surface area contributed by atoms with Crippen LogP contribution in [0.3, 0.4) is 0 Å². The molecule has 3 heterocycles. The molecule has 0 bridgehead atoms. The molecule has 0 aliphatic carbocycles. The summed E-state index contributed by atoms with van der Waals surface area (Å²) < 4.78 is 7.09. The molecular weight excluding hydrogens is 466 g/mol. The maximum absolute atomic E-state index is 5.91. The van der Waals surface area contributed by atoms with Crippen LogP contribution in [-0.2, 0) is 4.74 Å². The van der Waals surface area contributed by atoms with Crippen molar-refractivity contribution in [2.24, 2.45) is 0 Å². The zero-order chi connectivity index (χ0) is 24.6. The molecule has 5 aromatic rings. The number of para-hydroxylation sites is 1. The lowest BCUT2D eigenvalue weighted by Gasteiger charge is -2.35. The number of thiazole rings is 1. The summed E-state index contributed by atoms with van der Waals surface area (Å²) >= 11 is 1.74. The second-order valence-electron chi connectivity index (χ2n) is 9.48. The van der Waals surface area contributed by atoms with Crippen LogP contribution in [0.15, 0.2) is 72.9 Å². The number of imidazole rings is 1. The molecule has 182 valence electrons. The number of nitrogens with zero attached hydrogens (tertiary/aromatic N) is 3. The van der Waals surface area contributed by atoms with Gasteiger partial charge in [0.15, 0.2) is 5.13 Å². The third kappa shape index (κ3) is 4.47. The normalized spacial score (nSPS) is 18.0. The van der Waals surface area contributed by atoms with Crippen LogP contribution in [0.25, 0.3) is 32.9 Å². The number of aryl methyl sites for hydroxylation is 1. The molecule has 3 aromatic carbocycles. The molecule has 7 heteroatoms. The maximum Gasteiger partial charge on any atom is 0.186 e. The number of fused-ring (bicyclic) bond motifs is 1. The number of morpholine rings is 1. The Morgan fingerprint density at radius 1 is 1.00 bits per heavy atom. The first kappa shape index (κ1) is 22.8. The highest BCUT2D eigenvalue weighted by atomic mass is 32.1. The molecule has 2 aromatic heterocycles. The summed E-state index contributed by atoms with van der Waals surface area (Å²) in [6.45, 7) is 8.09. The van der Waals surface area contributed by atoms with E-state index < -0.39 is 0 Å². The second-order valence-corrected chi connectivity index (χ2v) is 10.5. The molecular formula is C29H29N5OS. The summed E-state index contributed by atoms with van der Waals surface area (Å²) in [5, 5.41) is 4.67. The van der Waals surface area contributed by atoms with Gasteiger partial charge >= 0.3 is 0 Å². The van der Waals surface area contributed by atoms with Gasteiger partial charge in [0.05, 0.1) is 34.5 Å². The van der Waals surface area contributed by atoms with E-state index in [1.807, 2.05) is 24.4 Å². The molecule has 2 atom stereocenters. The monoisotopic (exact) mass is 495 g/mol. The molecule has 1 saturated heterocycles. The van der Waals surface area contributed by atoms with E-state index in [-0.39, 0.29) is 12.2 Å². The molecule has 0 radical (unpaired) electrons. The minimum atomic E-state index is 0.202. The van der Waals surface area contributed by atoms with Crippen molar-refractivity contribution in [2.45, 2.75) is 33.0 Å². The van der Waals surface area contributed by atoms with Gasteiger partial charge in [0, 0.05) is 24.3 Å². The van der Waals surface area contributed by atoms with Gasteiger partial charge in [-0.15, -0.1) is 0 Å². The van der Waals surface area contributed by atoms with E-state index in [2.05, 4.69) is 89.5 Å². The number of nitrogens with one attached hydrogen (secondary N) is 2. The lowest BCUT2D eigenvalue weighted by Crippen LogP contribution is -2.45. The average Bonchev–Trinajstić information content (AvgIpc) is 3.54. The Morgan fingerprint density at radius 2 is 1.81 bits per heavy atom. The van der Waals surface area contributed by atoms with E-state index in [9.17, 15) is 0 Å². The molecule has 36 heavy (non-hydrogen) atoms. The third-order valence-electron chi connectivity index (χ3n) is 6.53. The Morgan fingerprint density at radius 3 is 2.61 bits per heavy atom. The fraction of sp³-hybridized carbons (Fsp3) is 0.241. The highest BCUT2D eigenvalue weighted by Gasteiger charge is 2.25. The first-order valence-corrected chi connectivity index (χ1v) is 13.1. The van der Waals surface area contributed by atoms with Crippen molar-refractivity contribution < 1.29 is 4.74 Å². The van der Waals surface area contributed by atoms with Crippen molar-refractivity contribution in [3.05, 3.63) is 78.5 Å². The fourth-order valence-corrected chi connectivity index (χ4v) is 5.85. The van der Waals surface area contributed by atoms with Crippen LogP contribution in [0.2, 0.25) is 0 Å². The van der Waals surface area contributed by atoms with Gasteiger partial charge in [0.1, 0.15) is 11.3 Å². The van der Waals surface area contributed by atoms with Crippen LogP contribution >= 0.6 is 11.3 Å². The van der Waals surface area contributed by atoms with E-state index >= 15 is 0 Å². The molecule has 1 aliphatic heterocycles. The molecule has 0 amide bonds. The van der Waals surface area contributed by atoms with Gasteiger partial charge in [-0.05, 0) is 56.2 Å². The highest BCUT2D eigenvalue weighted by molar-refractivity contribution is 7.22. The minimum Gasteiger partial charge on any atom is -0.372 e. The number of ether oxygens (including phenoxy) is 1. The molecule has 0 unspecified atom stereocenters. The average molecular weight is 496 g/mol. The predicted molar refractivity (Wildman–Crippen MR) is 149 cm³/mol. The number of aromatic nitrogens is 3. The fourth-order valence-electron chi connectivity index (χ4n) is 4.84. The molecule has 1 fully saturated rings. The number of aromatic amines is 1. The number of hydrogen-bond acceptors (Lipinski definition) is 6. The van der Waals surface area contributed by atoms with Crippen molar-refractivity contribution in [2.75, 3.05) is 23.3 Å². The maximum atomic E-state index is 5.91. The summed E-state index contributed by atoms with van der Waals surface area (Å²) in [7, 11) is 0. The van der Waals surface area contributed by atoms with Crippen molar-refractivity contribution >= 4 is 38.1 Å². The molecule has 6 nitrogen and oxygen atoms in total. The van der Waals surface area contributed by atoms with Crippen molar-refractivity contribution in [3.8, 4) is 22.6 Å². The van der Waals surface area contributed by atoms with Gasteiger partial charge in [-0.2, -0.15) is 0 Å². The topological polar surface area (TPSA) is 66.1 Å². The van der Waals surface area contributed by atoms with E-state index in [0.717, 1.165) is 57.8 Å². The van der Waals surface area contributed by atoms with Crippen LogP contribution in [0.4, 0.5) is 16.5 Å². The van der Waals surface area contributed by atoms with Crippen molar-refractivity contribution in [3.63, 3.8) is 0 Å². The highest BCUT2D eigenvalue weighted by Crippen LogP contribution is 2.36. The first-order chi connectivity index (χ1) is 17.5. The second kappa shape index (κ2) is 9.41. The lowest BCUT2D eigenvalue weighted by molar-refractivity contribution is -0.00521. The summed E-state index contributed by atoms with van der Waals surface area (Å²) in [6.07, 6.45) is 2.30. The SMILES string of the molecule is Cc1ccc(Nc2cccc3sc(N4C[C@@H](C)O[C@@H](C)C4)nc23)cc1-c1ncc(-c2ccccc2)[nH]1. The van der Waals surface area contributed by atoms with Gasteiger partial charge < -0.3 is 19.9 Å². The molecule has 6 rings (SSSR count). The zero-order valence-electron chi connectivity index (χ0n) is 20.7. The molecule has 1 aliphatic rings.